The summed E-state index contributed by atoms with van der Waals surface area (Å²) in [7, 11) is 0. The van der Waals surface area contributed by atoms with E-state index in [0.717, 1.165) is 35.1 Å². The number of para-hydroxylation sites is 1. The van der Waals surface area contributed by atoms with Crippen molar-refractivity contribution in [3.63, 3.8) is 0 Å². The van der Waals surface area contributed by atoms with Crippen molar-refractivity contribution in [2.24, 2.45) is 11.8 Å². The third-order valence-corrected chi connectivity index (χ3v) is 7.91. The third kappa shape index (κ3) is 2.16. The zero-order valence-electron chi connectivity index (χ0n) is 17.4. The normalized spacial score (nSPS) is 31.1. The fraction of sp³-hybridized carbons (Fsp3) is 0.375. The number of halogens is 2. The summed E-state index contributed by atoms with van der Waals surface area (Å²) in [6, 6.07) is 11.2. The number of benzene rings is 2. The lowest BCUT2D eigenvalue weighted by Crippen LogP contribution is -2.56. The van der Waals surface area contributed by atoms with Gasteiger partial charge in [-0.25, -0.2) is 9.29 Å². The molecule has 2 aromatic rings. The number of hydrogen-bond acceptors (Lipinski definition) is 4. The molecule has 8 heteroatoms. The summed E-state index contributed by atoms with van der Waals surface area (Å²) < 4.78 is 13.7. The highest BCUT2D eigenvalue weighted by atomic mass is 35.5. The van der Waals surface area contributed by atoms with Crippen LogP contribution in [-0.2, 0) is 19.9 Å². The fourth-order valence-corrected chi connectivity index (χ4v) is 6.71. The Labute approximate surface area is 189 Å². The number of imide groups is 1. The highest BCUT2D eigenvalue weighted by Crippen LogP contribution is 2.61. The Morgan fingerprint density at radius 3 is 2.66 bits per heavy atom. The maximum atomic E-state index is 14.0. The lowest BCUT2D eigenvalue weighted by atomic mass is 9.75. The van der Waals surface area contributed by atoms with Crippen LogP contribution in [0.2, 0.25) is 5.02 Å². The van der Waals surface area contributed by atoms with E-state index < -0.39 is 29.1 Å². The molecule has 164 valence electrons. The van der Waals surface area contributed by atoms with Crippen molar-refractivity contribution >= 4 is 40.7 Å². The van der Waals surface area contributed by atoms with E-state index in [0.29, 0.717) is 13.1 Å². The molecule has 2 aromatic carbocycles. The monoisotopic (exact) mass is 453 g/mol. The largest absolute Gasteiger partial charge is 0.310 e. The van der Waals surface area contributed by atoms with Gasteiger partial charge in [0.05, 0.1) is 22.5 Å². The summed E-state index contributed by atoms with van der Waals surface area (Å²) in [5.74, 6) is -2.96. The SMILES string of the molecule is CCN1C(=O)[C@]2(c3ccccc31)[C@@H]1C(=O)N(c3ccc(F)c(Cl)c3)C(=O)[C@H]1[C@@H]1CCCN12. The van der Waals surface area contributed by atoms with Crippen LogP contribution in [0.1, 0.15) is 25.3 Å². The number of hydrogen-bond donors (Lipinski definition) is 0. The Morgan fingerprint density at radius 2 is 1.91 bits per heavy atom. The minimum absolute atomic E-state index is 0.138. The first kappa shape index (κ1) is 19.9. The molecule has 1 spiro atoms. The Morgan fingerprint density at radius 1 is 1.12 bits per heavy atom. The predicted octanol–water partition coefficient (Wildman–Crippen LogP) is 3.32. The predicted molar refractivity (Wildman–Crippen MR) is 117 cm³/mol. The minimum atomic E-state index is -1.19. The van der Waals surface area contributed by atoms with Gasteiger partial charge in [-0.3, -0.25) is 19.3 Å². The van der Waals surface area contributed by atoms with Crippen molar-refractivity contribution < 1.29 is 18.8 Å². The number of fused-ring (bicyclic) bond motifs is 7. The fourth-order valence-electron chi connectivity index (χ4n) is 6.53. The van der Waals surface area contributed by atoms with E-state index in [2.05, 4.69) is 4.90 Å². The van der Waals surface area contributed by atoms with Crippen molar-refractivity contribution in [2.75, 3.05) is 22.9 Å². The summed E-state index contributed by atoms with van der Waals surface area (Å²) in [6.07, 6.45) is 1.61. The number of nitrogens with zero attached hydrogens (tertiary/aromatic N) is 3. The molecule has 0 bridgehead atoms. The second-order valence-corrected chi connectivity index (χ2v) is 9.26. The molecule has 4 aliphatic heterocycles. The van der Waals surface area contributed by atoms with Crippen molar-refractivity contribution in [3.05, 3.63) is 58.9 Å². The average molecular weight is 454 g/mol. The first-order valence-corrected chi connectivity index (χ1v) is 11.3. The van der Waals surface area contributed by atoms with Gasteiger partial charge in [0.15, 0.2) is 0 Å². The van der Waals surface area contributed by atoms with Crippen LogP contribution in [0.5, 0.6) is 0 Å². The second kappa shape index (κ2) is 6.62. The van der Waals surface area contributed by atoms with Crippen LogP contribution in [0.3, 0.4) is 0 Å². The molecule has 0 N–H and O–H groups in total. The minimum Gasteiger partial charge on any atom is -0.310 e. The van der Waals surface area contributed by atoms with Crippen LogP contribution in [0.15, 0.2) is 42.5 Å². The van der Waals surface area contributed by atoms with Gasteiger partial charge >= 0.3 is 0 Å². The van der Waals surface area contributed by atoms with E-state index in [4.69, 9.17) is 11.6 Å². The van der Waals surface area contributed by atoms with Crippen LogP contribution in [0, 0.1) is 17.7 Å². The summed E-state index contributed by atoms with van der Waals surface area (Å²) in [5, 5.41) is -0.156. The molecule has 3 fully saturated rings. The highest BCUT2D eigenvalue weighted by Gasteiger charge is 2.75. The molecule has 32 heavy (non-hydrogen) atoms. The Hall–Kier alpha value is -2.77. The number of likely N-dealkylation sites (N-methyl/N-ethyl adjacent to an activating group) is 1. The average Bonchev–Trinajstić information content (AvgIpc) is 3.48. The van der Waals surface area contributed by atoms with Gasteiger partial charge in [-0.2, -0.15) is 0 Å². The van der Waals surface area contributed by atoms with Crippen LogP contribution >= 0.6 is 11.6 Å². The molecule has 0 aliphatic carbocycles. The smallest absolute Gasteiger partial charge is 0.253 e. The number of rotatable bonds is 2. The van der Waals surface area contributed by atoms with Gasteiger partial charge in [-0.1, -0.05) is 29.8 Å². The highest BCUT2D eigenvalue weighted by molar-refractivity contribution is 6.32. The molecule has 4 atom stereocenters. The van der Waals surface area contributed by atoms with Crippen LogP contribution in [0.25, 0.3) is 0 Å². The second-order valence-electron chi connectivity index (χ2n) is 8.85. The van der Waals surface area contributed by atoms with Crippen LogP contribution in [0.4, 0.5) is 15.8 Å². The topological polar surface area (TPSA) is 60.9 Å². The summed E-state index contributed by atoms with van der Waals surface area (Å²) in [4.78, 5) is 46.6. The van der Waals surface area contributed by atoms with Gasteiger partial charge in [0.2, 0.25) is 11.8 Å². The van der Waals surface area contributed by atoms with Gasteiger partial charge in [0, 0.05) is 23.8 Å². The third-order valence-electron chi connectivity index (χ3n) is 7.62. The molecule has 6 rings (SSSR count). The van der Waals surface area contributed by atoms with E-state index in [9.17, 15) is 18.8 Å². The number of carbonyl (C=O) groups excluding carboxylic acids is 3. The van der Waals surface area contributed by atoms with E-state index in [1.54, 1.807) is 4.90 Å². The van der Waals surface area contributed by atoms with E-state index in [1.165, 1.54) is 12.1 Å². The van der Waals surface area contributed by atoms with E-state index in [1.807, 2.05) is 31.2 Å². The molecular formula is C24H21ClFN3O3. The van der Waals surface area contributed by atoms with Gasteiger partial charge in [0.25, 0.3) is 5.91 Å². The number of anilines is 2. The quantitative estimate of drug-likeness (QED) is 0.654. The molecule has 6 nitrogen and oxygen atoms in total. The van der Waals surface area contributed by atoms with Crippen molar-refractivity contribution in [2.45, 2.75) is 31.3 Å². The van der Waals surface area contributed by atoms with Gasteiger partial charge < -0.3 is 4.90 Å². The Balaban J connectivity index is 1.56. The first-order valence-electron chi connectivity index (χ1n) is 10.9. The molecule has 4 aliphatic rings. The zero-order chi connectivity index (χ0) is 22.4. The van der Waals surface area contributed by atoms with Gasteiger partial charge in [-0.15, -0.1) is 0 Å². The van der Waals surface area contributed by atoms with E-state index in [-0.39, 0.29) is 28.6 Å². The molecular weight excluding hydrogens is 433 g/mol. The van der Waals surface area contributed by atoms with Crippen molar-refractivity contribution in [3.8, 4) is 0 Å². The standard InChI is InChI=1S/C24H21ClFN3O3/c1-2-27-17-7-4-3-6-14(17)24(23(27)32)20-19(18-8-5-11-28(18)24)21(30)29(22(20)31)13-9-10-16(26)15(25)12-13/h3-4,6-7,9-10,12,18-20H,2,5,8,11H2,1H3/t18-,19-,20-,24-/m0/s1. The summed E-state index contributed by atoms with van der Waals surface area (Å²) in [5.41, 5.74) is 0.650. The molecule has 3 amide bonds. The van der Waals surface area contributed by atoms with Gasteiger partial charge in [-0.05, 0) is 50.6 Å². The van der Waals surface area contributed by atoms with Crippen molar-refractivity contribution in [1.29, 1.82) is 0 Å². The Bertz CT molecular complexity index is 1200. The van der Waals surface area contributed by atoms with Crippen LogP contribution < -0.4 is 9.80 Å². The lowest BCUT2D eigenvalue weighted by Gasteiger charge is -2.37. The molecule has 4 heterocycles. The number of carbonyl (C=O) groups is 3. The van der Waals surface area contributed by atoms with Gasteiger partial charge in [0.1, 0.15) is 11.4 Å². The lowest BCUT2D eigenvalue weighted by molar-refractivity contribution is -0.137. The zero-order valence-corrected chi connectivity index (χ0v) is 18.2. The summed E-state index contributed by atoms with van der Waals surface area (Å²) >= 11 is 5.95. The maximum absolute atomic E-state index is 14.0. The first-order chi connectivity index (χ1) is 15.4. The number of amides is 3. The molecule has 0 radical (unpaired) electrons. The summed E-state index contributed by atoms with van der Waals surface area (Å²) in [6.45, 7) is 3.06. The Kier molecular flexibility index (Phi) is 4.11. The maximum Gasteiger partial charge on any atom is 0.253 e. The molecule has 0 aromatic heterocycles. The van der Waals surface area contributed by atoms with E-state index >= 15 is 0 Å². The molecule has 0 saturated carbocycles. The molecule has 0 unspecified atom stereocenters. The van der Waals surface area contributed by atoms with Crippen LogP contribution in [-0.4, -0.2) is 41.8 Å². The molecule has 3 saturated heterocycles. The van der Waals surface area contributed by atoms with Crippen molar-refractivity contribution in [1.82, 2.24) is 4.90 Å².